The van der Waals surface area contributed by atoms with E-state index in [1.54, 1.807) is 0 Å². The van der Waals surface area contributed by atoms with Gasteiger partial charge in [0.25, 0.3) is 0 Å². The van der Waals surface area contributed by atoms with E-state index in [2.05, 4.69) is 48.5 Å². The van der Waals surface area contributed by atoms with E-state index in [0.717, 1.165) is 11.4 Å². The van der Waals surface area contributed by atoms with Crippen LogP contribution in [0.1, 0.15) is 17.0 Å². The van der Waals surface area contributed by atoms with Crippen LogP contribution in [0.2, 0.25) is 0 Å². The van der Waals surface area contributed by atoms with Gasteiger partial charge in [-0.15, -0.1) is 0 Å². The Bertz CT molecular complexity index is 519. The fourth-order valence-corrected chi connectivity index (χ4v) is 2.41. The molecule has 19 heavy (non-hydrogen) atoms. The average Bonchev–Trinajstić information content (AvgIpc) is 2.46. The molecule has 2 heteroatoms. The fraction of sp³-hybridized carbons (Fsp3) is 0.235. The first-order valence-electron chi connectivity index (χ1n) is 6.48. The SMILES string of the molecule is CN(C)C(=S)C(Cc1ccccc1)c1ccccc1. The maximum absolute atomic E-state index is 5.61. The van der Waals surface area contributed by atoms with Crippen molar-refractivity contribution in [2.45, 2.75) is 12.3 Å². The summed E-state index contributed by atoms with van der Waals surface area (Å²) in [7, 11) is 4.03. The van der Waals surface area contributed by atoms with Crippen molar-refractivity contribution in [3.05, 3.63) is 71.8 Å². The Morgan fingerprint density at radius 1 is 0.947 bits per heavy atom. The Balaban J connectivity index is 2.28. The minimum absolute atomic E-state index is 0.258. The zero-order chi connectivity index (χ0) is 13.7. The molecule has 0 aliphatic rings. The van der Waals surface area contributed by atoms with Gasteiger partial charge in [0.1, 0.15) is 0 Å². The molecular weight excluding hydrogens is 250 g/mol. The molecule has 2 aromatic rings. The van der Waals surface area contributed by atoms with E-state index >= 15 is 0 Å². The van der Waals surface area contributed by atoms with Gasteiger partial charge < -0.3 is 4.90 Å². The van der Waals surface area contributed by atoms with Crippen LogP contribution in [-0.2, 0) is 6.42 Å². The van der Waals surface area contributed by atoms with Crippen molar-refractivity contribution in [3.8, 4) is 0 Å². The maximum atomic E-state index is 5.61. The molecule has 0 spiro atoms. The molecule has 1 atom stereocenters. The third kappa shape index (κ3) is 3.65. The summed E-state index contributed by atoms with van der Waals surface area (Å²) in [6.45, 7) is 0. The third-order valence-corrected chi connectivity index (χ3v) is 3.87. The molecule has 0 saturated carbocycles. The standard InChI is InChI=1S/C17H19NS/c1-18(2)17(19)16(15-11-7-4-8-12-15)13-14-9-5-3-6-10-14/h3-12,16H,13H2,1-2H3. The number of benzene rings is 2. The van der Waals surface area contributed by atoms with Crippen LogP contribution in [0.3, 0.4) is 0 Å². The number of thiocarbonyl (C=S) groups is 1. The quantitative estimate of drug-likeness (QED) is 0.774. The molecule has 2 aromatic carbocycles. The summed E-state index contributed by atoms with van der Waals surface area (Å²) in [5.41, 5.74) is 2.60. The van der Waals surface area contributed by atoms with E-state index in [1.807, 2.05) is 31.1 Å². The van der Waals surface area contributed by atoms with E-state index in [9.17, 15) is 0 Å². The van der Waals surface area contributed by atoms with Gasteiger partial charge in [-0.3, -0.25) is 0 Å². The van der Waals surface area contributed by atoms with Gasteiger partial charge in [0.2, 0.25) is 0 Å². The number of nitrogens with zero attached hydrogens (tertiary/aromatic N) is 1. The summed E-state index contributed by atoms with van der Waals surface area (Å²) in [5, 5.41) is 0. The summed E-state index contributed by atoms with van der Waals surface area (Å²) < 4.78 is 0. The van der Waals surface area contributed by atoms with Crippen molar-refractivity contribution >= 4 is 17.2 Å². The van der Waals surface area contributed by atoms with Crippen LogP contribution in [0.4, 0.5) is 0 Å². The van der Waals surface area contributed by atoms with E-state index < -0.39 is 0 Å². The molecule has 1 unspecified atom stereocenters. The van der Waals surface area contributed by atoms with Crippen molar-refractivity contribution in [1.82, 2.24) is 4.90 Å². The molecule has 0 radical (unpaired) electrons. The number of rotatable bonds is 4. The van der Waals surface area contributed by atoms with Crippen molar-refractivity contribution in [3.63, 3.8) is 0 Å². The lowest BCUT2D eigenvalue weighted by molar-refractivity contribution is 0.599. The van der Waals surface area contributed by atoms with E-state index in [-0.39, 0.29) is 5.92 Å². The minimum Gasteiger partial charge on any atom is -0.372 e. The van der Waals surface area contributed by atoms with Gasteiger partial charge in [0, 0.05) is 20.0 Å². The smallest absolute Gasteiger partial charge is 0.0853 e. The summed E-state index contributed by atoms with van der Waals surface area (Å²) in [4.78, 5) is 3.02. The number of likely N-dealkylation sites (N-methyl/N-ethyl adjacent to an activating group) is 1. The summed E-state index contributed by atoms with van der Waals surface area (Å²) in [6, 6.07) is 21.0. The second kappa shape index (κ2) is 6.48. The summed E-state index contributed by atoms with van der Waals surface area (Å²) >= 11 is 5.61. The molecule has 0 saturated heterocycles. The Labute approximate surface area is 120 Å². The fourth-order valence-electron chi connectivity index (χ4n) is 2.19. The van der Waals surface area contributed by atoms with Crippen molar-refractivity contribution in [2.24, 2.45) is 0 Å². The average molecular weight is 269 g/mol. The van der Waals surface area contributed by atoms with E-state index in [4.69, 9.17) is 12.2 Å². The Morgan fingerprint density at radius 2 is 1.47 bits per heavy atom. The van der Waals surface area contributed by atoms with Gasteiger partial charge >= 0.3 is 0 Å². The highest BCUT2D eigenvalue weighted by Crippen LogP contribution is 2.23. The Morgan fingerprint density at radius 3 is 2.00 bits per heavy atom. The highest BCUT2D eigenvalue weighted by molar-refractivity contribution is 7.80. The lowest BCUT2D eigenvalue weighted by Gasteiger charge is -2.24. The normalized spacial score (nSPS) is 11.9. The van der Waals surface area contributed by atoms with Gasteiger partial charge in [-0.2, -0.15) is 0 Å². The molecule has 0 amide bonds. The zero-order valence-corrected chi connectivity index (χ0v) is 12.2. The van der Waals surface area contributed by atoms with Crippen LogP contribution in [0, 0.1) is 0 Å². The molecule has 0 heterocycles. The van der Waals surface area contributed by atoms with Crippen LogP contribution in [0.15, 0.2) is 60.7 Å². The van der Waals surface area contributed by atoms with Crippen molar-refractivity contribution < 1.29 is 0 Å². The van der Waals surface area contributed by atoms with Crippen LogP contribution < -0.4 is 0 Å². The third-order valence-electron chi connectivity index (χ3n) is 3.22. The maximum Gasteiger partial charge on any atom is 0.0853 e. The first kappa shape index (κ1) is 13.8. The van der Waals surface area contributed by atoms with Crippen LogP contribution in [0.5, 0.6) is 0 Å². The lowest BCUT2D eigenvalue weighted by Crippen LogP contribution is -2.27. The second-order valence-electron chi connectivity index (χ2n) is 4.89. The highest BCUT2D eigenvalue weighted by atomic mass is 32.1. The van der Waals surface area contributed by atoms with Crippen molar-refractivity contribution in [2.75, 3.05) is 14.1 Å². The molecule has 98 valence electrons. The molecule has 0 bridgehead atoms. The van der Waals surface area contributed by atoms with Crippen LogP contribution in [-0.4, -0.2) is 24.0 Å². The Kier molecular flexibility index (Phi) is 4.69. The molecule has 0 fully saturated rings. The van der Waals surface area contributed by atoms with E-state index in [0.29, 0.717) is 0 Å². The molecule has 1 nitrogen and oxygen atoms in total. The Hall–Kier alpha value is -1.67. The predicted molar refractivity (Wildman–Crippen MR) is 85.6 cm³/mol. The second-order valence-corrected chi connectivity index (χ2v) is 5.30. The van der Waals surface area contributed by atoms with Gasteiger partial charge in [0.05, 0.1) is 4.99 Å². The molecule has 0 N–H and O–H groups in total. The highest BCUT2D eigenvalue weighted by Gasteiger charge is 2.18. The minimum atomic E-state index is 0.258. The molecule has 0 aliphatic carbocycles. The van der Waals surface area contributed by atoms with Gasteiger partial charge in [-0.05, 0) is 17.5 Å². The number of hydrogen-bond acceptors (Lipinski definition) is 1. The van der Waals surface area contributed by atoms with Gasteiger partial charge in [0.15, 0.2) is 0 Å². The lowest BCUT2D eigenvalue weighted by atomic mass is 9.91. The zero-order valence-electron chi connectivity index (χ0n) is 11.4. The van der Waals surface area contributed by atoms with Crippen molar-refractivity contribution in [1.29, 1.82) is 0 Å². The first-order valence-corrected chi connectivity index (χ1v) is 6.89. The molecular formula is C17H19NS. The van der Waals surface area contributed by atoms with E-state index in [1.165, 1.54) is 11.1 Å². The molecule has 2 rings (SSSR count). The molecule has 0 aliphatic heterocycles. The first-order chi connectivity index (χ1) is 9.18. The van der Waals surface area contributed by atoms with Gasteiger partial charge in [-0.1, -0.05) is 72.9 Å². The van der Waals surface area contributed by atoms with Crippen LogP contribution >= 0.6 is 12.2 Å². The number of hydrogen-bond donors (Lipinski definition) is 0. The van der Waals surface area contributed by atoms with Gasteiger partial charge in [-0.25, -0.2) is 0 Å². The predicted octanol–water partition coefficient (Wildman–Crippen LogP) is 3.90. The molecule has 0 aromatic heterocycles. The van der Waals surface area contributed by atoms with Crippen LogP contribution in [0.25, 0.3) is 0 Å². The monoisotopic (exact) mass is 269 g/mol. The topological polar surface area (TPSA) is 3.24 Å². The summed E-state index contributed by atoms with van der Waals surface area (Å²) in [6.07, 6.45) is 0.946. The largest absolute Gasteiger partial charge is 0.372 e. The summed E-state index contributed by atoms with van der Waals surface area (Å²) in [5.74, 6) is 0.258.